The first kappa shape index (κ1) is 12.8. The summed E-state index contributed by atoms with van der Waals surface area (Å²) in [5.41, 5.74) is 2.98. The third-order valence-corrected chi connectivity index (χ3v) is 3.16. The second-order valence-electron chi connectivity index (χ2n) is 4.62. The topological polar surface area (TPSA) is 29.1 Å². The predicted molar refractivity (Wildman–Crippen MR) is 70.6 cm³/mol. The monoisotopic (exact) mass is 247 g/mol. The normalized spacial score (nSPS) is 16.4. The number of benzene rings is 1. The second-order valence-corrected chi connectivity index (χ2v) is 4.62. The van der Waals surface area contributed by atoms with Crippen LogP contribution < -0.4 is 5.32 Å². The molecule has 1 aliphatic rings. The Balaban J connectivity index is 2.23. The summed E-state index contributed by atoms with van der Waals surface area (Å²) in [7, 11) is 0. The maximum Gasteiger partial charge on any atom is 0.244 e. The predicted octanol–water partition coefficient (Wildman–Crippen LogP) is 3.07. The van der Waals surface area contributed by atoms with E-state index in [9.17, 15) is 9.18 Å². The fourth-order valence-corrected chi connectivity index (χ4v) is 2.28. The Morgan fingerprint density at radius 2 is 2.28 bits per heavy atom. The van der Waals surface area contributed by atoms with Gasteiger partial charge < -0.3 is 5.32 Å². The molecule has 0 fully saturated rings. The molecule has 0 atom stereocenters. The minimum atomic E-state index is -0.240. The number of rotatable bonds is 3. The molecule has 0 spiro atoms. The van der Waals surface area contributed by atoms with E-state index in [1.54, 1.807) is 6.08 Å². The minimum Gasteiger partial charge on any atom is -0.353 e. The number of aryl methyl sites for hydroxylation is 1. The van der Waals surface area contributed by atoms with Crippen LogP contribution in [0, 0.1) is 5.82 Å². The van der Waals surface area contributed by atoms with E-state index < -0.39 is 0 Å². The quantitative estimate of drug-likeness (QED) is 0.817. The maximum atomic E-state index is 13.3. The lowest BCUT2D eigenvalue weighted by Crippen LogP contribution is -2.22. The van der Waals surface area contributed by atoms with Crippen LogP contribution in [0.15, 0.2) is 24.3 Å². The molecule has 1 aliphatic carbocycles. The van der Waals surface area contributed by atoms with Gasteiger partial charge in [-0.25, -0.2) is 4.39 Å². The number of allylic oxidation sites excluding steroid dienone is 1. The van der Waals surface area contributed by atoms with Gasteiger partial charge in [-0.2, -0.15) is 0 Å². The first-order valence-corrected chi connectivity index (χ1v) is 6.48. The highest BCUT2D eigenvalue weighted by molar-refractivity contribution is 5.95. The van der Waals surface area contributed by atoms with E-state index in [0.717, 1.165) is 42.4 Å². The van der Waals surface area contributed by atoms with Crippen molar-refractivity contribution in [3.05, 3.63) is 41.2 Å². The van der Waals surface area contributed by atoms with Crippen molar-refractivity contribution in [3.63, 3.8) is 0 Å². The first-order valence-electron chi connectivity index (χ1n) is 6.48. The number of amides is 1. The van der Waals surface area contributed by atoms with Crippen molar-refractivity contribution in [2.45, 2.75) is 32.6 Å². The van der Waals surface area contributed by atoms with E-state index in [1.165, 1.54) is 12.1 Å². The third kappa shape index (κ3) is 2.97. The summed E-state index contributed by atoms with van der Waals surface area (Å²) in [4.78, 5) is 11.7. The van der Waals surface area contributed by atoms with Gasteiger partial charge in [0, 0.05) is 12.6 Å². The molecule has 1 amide bonds. The molecule has 0 bridgehead atoms. The molecule has 1 aromatic rings. The van der Waals surface area contributed by atoms with Crippen LogP contribution in [0.3, 0.4) is 0 Å². The molecule has 0 unspecified atom stereocenters. The number of halogens is 1. The van der Waals surface area contributed by atoms with Crippen LogP contribution in [0.4, 0.5) is 4.39 Å². The summed E-state index contributed by atoms with van der Waals surface area (Å²) < 4.78 is 13.3. The van der Waals surface area contributed by atoms with Crippen molar-refractivity contribution in [1.29, 1.82) is 0 Å². The van der Waals surface area contributed by atoms with Crippen LogP contribution in [-0.4, -0.2) is 12.5 Å². The third-order valence-electron chi connectivity index (χ3n) is 3.16. The first-order chi connectivity index (χ1) is 8.70. The molecule has 18 heavy (non-hydrogen) atoms. The van der Waals surface area contributed by atoms with Gasteiger partial charge >= 0.3 is 0 Å². The van der Waals surface area contributed by atoms with Gasteiger partial charge in [-0.15, -0.1) is 0 Å². The molecule has 0 aromatic heterocycles. The molecule has 2 nitrogen and oxygen atoms in total. The summed E-state index contributed by atoms with van der Waals surface area (Å²) in [6.45, 7) is 2.69. The molecule has 2 rings (SSSR count). The van der Waals surface area contributed by atoms with E-state index in [-0.39, 0.29) is 11.7 Å². The number of nitrogens with one attached hydrogen (secondary N) is 1. The Morgan fingerprint density at radius 1 is 1.44 bits per heavy atom. The van der Waals surface area contributed by atoms with Gasteiger partial charge in [-0.05, 0) is 54.5 Å². The van der Waals surface area contributed by atoms with Gasteiger partial charge in [-0.3, -0.25) is 4.79 Å². The molecule has 0 saturated heterocycles. The number of fused-ring (bicyclic) bond motifs is 1. The van der Waals surface area contributed by atoms with Crippen molar-refractivity contribution >= 4 is 11.5 Å². The van der Waals surface area contributed by atoms with Crippen LogP contribution >= 0.6 is 0 Å². The van der Waals surface area contributed by atoms with Gasteiger partial charge in [0.25, 0.3) is 0 Å². The zero-order chi connectivity index (χ0) is 13.0. The molecular weight excluding hydrogens is 229 g/mol. The van der Waals surface area contributed by atoms with Gasteiger partial charge in [0.15, 0.2) is 0 Å². The fraction of sp³-hybridized carbons (Fsp3) is 0.400. The molecule has 0 aliphatic heterocycles. The average molecular weight is 247 g/mol. The second kappa shape index (κ2) is 5.80. The van der Waals surface area contributed by atoms with Gasteiger partial charge in [-0.1, -0.05) is 13.0 Å². The van der Waals surface area contributed by atoms with Crippen LogP contribution in [0.1, 0.15) is 37.3 Å². The van der Waals surface area contributed by atoms with Gasteiger partial charge in [0.05, 0.1) is 0 Å². The van der Waals surface area contributed by atoms with Crippen molar-refractivity contribution in [2.75, 3.05) is 6.54 Å². The smallest absolute Gasteiger partial charge is 0.244 e. The van der Waals surface area contributed by atoms with Crippen molar-refractivity contribution in [1.82, 2.24) is 5.32 Å². The Kier molecular flexibility index (Phi) is 4.13. The summed E-state index contributed by atoms with van der Waals surface area (Å²) in [5, 5.41) is 2.82. The van der Waals surface area contributed by atoms with E-state index in [0.29, 0.717) is 6.54 Å². The van der Waals surface area contributed by atoms with Crippen LogP contribution in [0.25, 0.3) is 5.57 Å². The molecule has 96 valence electrons. The molecule has 1 N–H and O–H groups in total. The fourth-order valence-electron chi connectivity index (χ4n) is 2.28. The molecular formula is C15H18FNO. The van der Waals surface area contributed by atoms with Crippen LogP contribution in [0.2, 0.25) is 0 Å². The van der Waals surface area contributed by atoms with Crippen molar-refractivity contribution in [2.24, 2.45) is 0 Å². The summed E-state index contributed by atoms with van der Waals surface area (Å²) in [6, 6.07) is 4.84. The van der Waals surface area contributed by atoms with E-state index in [2.05, 4.69) is 5.32 Å². The average Bonchev–Trinajstić information content (AvgIpc) is 2.37. The zero-order valence-electron chi connectivity index (χ0n) is 10.6. The molecule has 3 heteroatoms. The van der Waals surface area contributed by atoms with Crippen molar-refractivity contribution in [3.8, 4) is 0 Å². The lowest BCUT2D eigenvalue weighted by Gasteiger charge is -2.18. The minimum absolute atomic E-state index is 0.0797. The Bertz CT molecular complexity index is 479. The number of carbonyl (C=O) groups excluding carboxylic acids is 1. The summed E-state index contributed by atoms with van der Waals surface area (Å²) in [5.74, 6) is -0.320. The Labute approximate surface area is 107 Å². The van der Waals surface area contributed by atoms with Crippen LogP contribution in [0.5, 0.6) is 0 Å². The van der Waals surface area contributed by atoms with Gasteiger partial charge in [0.2, 0.25) is 5.91 Å². The zero-order valence-corrected chi connectivity index (χ0v) is 10.6. The SMILES string of the molecule is CCCNC(=O)/C=C1\CCCc2ccc(F)cc21. The van der Waals surface area contributed by atoms with Gasteiger partial charge in [0.1, 0.15) is 5.82 Å². The van der Waals surface area contributed by atoms with Crippen molar-refractivity contribution < 1.29 is 9.18 Å². The lowest BCUT2D eigenvalue weighted by molar-refractivity contribution is -0.116. The summed E-state index contributed by atoms with van der Waals surface area (Å²) >= 11 is 0. The van der Waals surface area contributed by atoms with E-state index in [4.69, 9.17) is 0 Å². The van der Waals surface area contributed by atoms with Crippen LogP contribution in [-0.2, 0) is 11.2 Å². The highest BCUT2D eigenvalue weighted by atomic mass is 19.1. The highest BCUT2D eigenvalue weighted by Crippen LogP contribution is 2.30. The molecule has 0 heterocycles. The standard InChI is InChI=1S/C15H18FNO/c1-2-8-17-15(18)9-12-5-3-4-11-6-7-13(16)10-14(11)12/h6-7,9-10H,2-5,8H2,1H3,(H,17,18)/b12-9+. The Morgan fingerprint density at radius 3 is 3.06 bits per heavy atom. The largest absolute Gasteiger partial charge is 0.353 e. The molecule has 1 aromatic carbocycles. The highest BCUT2D eigenvalue weighted by Gasteiger charge is 2.15. The number of hydrogen-bond acceptors (Lipinski definition) is 1. The summed E-state index contributed by atoms with van der Waals surface area (Å²) in [6.07, 6.45) is 5.36. The molecule has 0 saturated carbocycles. The van der Waals surface area contributed by atoms with E-state index >= 15 is 0 Å². The maximum absolute atomic E-state index is 13.3. The number of hydrogen-bond donors (Lipinski definition) is 1. The number of carbonyl (C=O) groups is 1. The molecule has 0 radical (unpaired) electrons. The Hall–Kier alpha value is -1.64. The lowest BCUT2D eigenvalue weighted by atomic mass is 9.87. The van der Waals surface area contributed by atoms with E-state index in [1.807, 2.05) is 13.0 Å².